The van der Waals surface area contributed by atoms with Gasteiger partial charge in [0, 0.05) is 77.9 Å². The SMILES string of the molecule is CCOc1cc(C(=O)N2CCC3(CC2)CC(=O)c2cc(-c4cncc(C(C)=O)c4)ccc2O3)cc2c(C3CC3)nccc12. The van der Waals surface area contributed by atoms with Gasteiger partial charge in [-0.2, -0.15) is 0 Å². The minimum atomic E-state index is -0.637. The summed E-state index contributed by atoms with van der Waals surface area (Å²) in [6.07, 6.45) is 8.70. The number of nitrogens with zero attached hydrogens (tertiary/aromatic N) is 3. The van der Waals surface area contributed by atoms with E-state index in [1.165, 1.54) is 6.92 Å². The minimum absolute atomic E-state index is 0.0227. The molecule has 1 saturated carbocycles. The maximum absolute atomic E-state index is 13.8. The molecule has 2 fully saturated rings. The molecule has 0 N–H and O–H groups in total. The highest BCUT2D eigenvalue weighted by molar-refractivity contribution is 6.03. The molecule has 1 amide bonds. The zero-order chi connectivity index (χ0) is 29.7. The standard InChI is InChI=1S/C35H33N3O5/c1-3-42-32-17-24(16-28-27(32)8-11-37-33(28)22-4-5-22)34(41)38-12-9-35(10-13-38)18-30(40)29-15-23(6-7-31(29)43-35)26-14-25(21(2)39)19-36-20-26/h6-8,11,14-17,19-20,22H,3-5,9-10,12-13,18H2,1-2H3. The molecule has 0 unspecified atom stereocenters. The van der Waals surface area contributed by atoms with E-state index < -0.39 is 5.60 Å². The number of aromatic nitrogens is 2. The number of likely N-dealkylation sites (tertiary alicyclic amines) is 1. The Hall–Kier alpha value is -4.59. The maximum atomic E-state index is 13.8. The first kappa shape index (κ1) is 27.3. The van der Waals surface area contributed by atoms with E-state index in [2.05, 4.69) is 9.97 Å². The highest BCUT2D eigenvalue weighted by atomic mass is 16.5. The van der Waals surface area contributed by atoms with Gasteiger partial charge in [0.25, 0.3) is 5.91 Å². The Morgan fingerprint density at radius 3 is 2.56 bits per heavy atom. The van der Waals surface area contributed by atoms with Gasteiger partial charge in [0.2, 0.25) is 0 Å². The van der Waals surface area contributed by atoms with Gasteiger partial charge >= 0.3 is 0 Å². The lowest BCUT2D eigenvalue weighted by Gasteiger charge is -2.44. The number of hydrogen-bond donors (Lipinski definition) is 0. The summed E-state index contributed by atoms with van der Waals surface area (Å²) in [6, 6.07) is 13.1. The Labute approximate surface area is 250 Å². The second kappa shape index (κ2) is 10.6. The number of carbonyl (C=O) groups is 3. The molecule has 0 radical (unpaired) electrons. The van der Waals surface area contributed by atoms with Crippen molar-refractivity contribution in [2.75, 3.05) is 19.7 Å². The highest BCUT2D eigenvalue weighted by Gasteiger charge is 2.44. The summed E-state index contributed by atoms with van der Waals surface area (Å²) in [5, 5.41) is 1.99. The zero-order valence-electron chi connectivity index (χ0n) is 24.4. The largest absolute Gasteiger partial charge is 0.493 e. The Balaban J connectivity index is 1.10. The normalized spacial score (nSPS) is 17.4. The zero-order valence-corrected chi connectivity index (χ0v) is 24.4. The lowest BCUT2D eigenvalue weighted by Crippen LogP contribution is -2.52. The molecule has 0 bridgehead atoms. The molecule has 4 aromatic rings. The molecule has 1 saturated heterocycles. The van der Waals surface area contributed by atoms with Gasteiger partial charge in [0.15, 0.2) is 11.6 Å². The molecule has 43 heavy (non-hydrogen) atoms. The lowest BCUT2D eigenvalue weighted by molar-refractivity contribution is -0.00571. The summed E-state index contributed by atoms with van der Waals surface area (Å²) < 4.78 is 12.5. The second-order valence-electron chi connectivity index (χ2n) is 11.9. The fourth-order valence-electron chi connectivity index (χ4n) is 6.40. The Morgan fingerprint density at radius 1 is 1.00 bits per heavy atom. The van der Waals surface area contributed by atoms with Crippen LogP contribution >= 0.6 is 0 Å². The molecule has 2 aliphatic heterocycles. The second-order valence-corrected chi connectivity index (χ2v) is 11.9. The summed E-state index contributed by atoms with van der Waals surface area (Å²) in [5.74, 6) is 1.63. The molecule has 4 heterocycles. The molecule has 218 valence electrons. The fourth-order valence-corrected chi connectivity index (χ4v) is 6.40. The van der Waals surface area contributed by atoms with E-state index >= 15 is 0 Å². The number of amides is 1. The van der Waals surface area contributed by atoms with Gasteiger partial charge in [-0.05, 0) is 68.7 Å². The van der Waals surface area contributed by atoms with E-state index in [0.29, 0.717) is 66.6 Å². The lowest BCUT2D eigenvalue weighted by atomic mass is 9.82. The van der Waals surface area contributed by atoms with Crippen LogP contribution in [-0.2, 0) is 0 Å². The van der Waals surface area contributed by atoms with Crippen LogP contribution in [0.15, 0.2) is 61.1 Å². The van der Waals surface area contributed by atoms with Crippen LogP contribution in [0.2, 0.25) is 0 Å². The van der Waals surface area contributed by atoms with Gasteiger partial charge < -0.3 is 14.4 Å². The predicted molar refractivity (Wildman–Crippen MR) is 162 cm³/mol. The predicted octanol–water partition coefficient (Wildman–Crippen LogP) is 6.42. The molecule has 7 rings (SSSR count). The number of rotatable bonds is 6. The summed E-state index contributed by atoms with van der Waals surface area (Å²) in [5.41, 5.74) is 3.65. The summed E-state index contributed by atoms with van der Waals surface area (Å²) in [6.45, 7) is 4.95. The smallest absolute Gasteiger partial charge is 0.254 e. The number of carbonyl (C=O) groups excluding carboxylic acids is 3. The average Bonchev–Trinajstić information content (AvgIpc) is 3.86. The molecule has 1 aliphatic carbocycles. The molecular formula is C35H33N3O5. The summed E-state index contributed by atoms with van der Waals surface area (Å²) in [4.78, 5) is 49.7. The summed E-state index contributed by atoms with van der Waals surface area (Å²) >= 11 is 0. The third-order valence-electron chi connectivity index (χ3n) is 8.91. The van der Waals surface area contributed by atoms with E-state index in [0.717, 1.165) is 40.4 Å². The van der Waals surface area contributed by atoms with Crippen LogP contribution in [0.1, 0.15) is 88.6 Å². The van der Waals surface area contributed by atoms with E-state index in [4.69, 9.17) is 9.47 Å². The van der Waals surface area contributed by atoms with Crippen molar-refractivity contribution in [1.29, 1.82) is 0 Å². The van der Waals surface area contributed by atoms with Crippen molar-refractivity contribution in [3.63, 3.8) is 0 Å². The van der Waals surface area contributed by atoms with Crippen LogP contribution in [0.3, 0.4) is 0 Å². The first-order chi connectivity index (χ1) is 20.8. The van der Waals surface area contributed by atoms with E-state index in [-0.39, 0.29) is 23.9 Å². The number of benzene rings is 2. The van der Waals surface area contributed by atoms with Crippen molar-refractivity contribution in [1.82, 2.24) is 14.9 Å². The molecule has 1 spiro atoms. The Bertz CT molecular complexity index is 1790. The Morgan fingerprint density at radius 2 is 1.81 bits per heavy atom. The Kier molecular flexibility index (Phi) is 6.72. The van der Waals surface area contributed by atoms with E-state index in [1.54, 1.807) is 18.5 Å². The van der Waals surface area contributed by atoms with Gasteiger partial charge in [-0.1, -0.05) is 6.07 Å². The van der Waals surface area contributed by atoms with Gasteiger partial charge in [0.05, 0.1) is 24.3 Å². The number of pyridine rings is 2. The van der Waals surface area contributed by atoms with Crippen LogP contribution in [0.5, 0.6) is 11.5 Å². The first-order valence-corrected chi connectivity index (χ1v) is 15.0. The van der Waals surface area contributed by atoms with Gasteiger partial charge in [0.1, 0.15) is 17.1 Å². The molecule has 3 aliphatic rings. The molecule has 8 nitrogen and oxygen atoms in total. The number of Topliss-reactive ketones (excluding diaryl/α,β-unsaturated/α-hetero) is 2. The summed E-state index contributed by atoms with van der Waals surface area (Å²) in [7, 11) is 0. The quantitative estimate of drug-likeness (QED) is 0.245. The van der Waals surface area contributed by atoms with Gasteiger partial charge in [-0.3, -0.25) is 24.4 Å². The molecule has 2 aromatic carbocycles. The van der Waals surface area contributed by atoms with Crippen molar-refractivity contribution in [2.45, 2.75) is 57.5 Å². The van der Waals surface area contributed by atoms with Crippen molar-refractivity contribution >= 4 is 28.2 Å². The van der Waals surface area contributed by atoms with Crippen molar-refractivity contribution in [3.05, 3.63) is 83.4 Å². The van der Waals surface area contributed by atoms with Crippen LogP contribution in [-0.4, -0.2) is 57.6 Å². The maximum Gasteiger partial charge on any atom is 0.254 e. The number of ether oxygens (including phenoxy) is 2. The third-order valence-corrected chi connectivity index (χ3v) is 8.91. The van der Waals surface area contributed by atoms with Crippen LogP contribution in [0.4, 0.5) is 0 Å². The van der Waals surface area contributed by atoms with E-state index in [1.807, 2.05) is 54.4 Å². The molecular weight excluding hydrogens is 542 g/mol. The number of hydrogen-bond acceptors (Lipinski definition) is 7. The number of fused-ring (bicyclic) bond motifs is 2. The first-order valence-electron chi connectivity index (χ1n) is 15.0. The number of ketones is 2. The van der Waals surface area contributed by atoms with Crippen molar-refractivity contribution < 1.29 is 23.9 Å². The van der Waals surface area contributed by atoms with Gasteiger partial charge in [-0.15, -0.1) is 0 Å². The molecule has 0 atom stereocenters. The van der Waals surface area contributed by atoms with E-state index in [9.17, 15) is 14.4 Å². The molecule has 2 aromatic heterocycles. The fraction of sp³-hybridized carbons (Fsp3) is 0.343. The number of piperidine rings is 1. The van der Waals surface area contributed by atoms with Crippen LogP contribution < -0.4 is 9.47 Å². The monoisotopic (exact) mass is 575 g/mol. The third kappa shape index (κ3) is 5.05. The average molecular weight is 576 g/mol. The van der Waals surface area contributed by atoms with Crippen LogP contribution in [0.25, 0.3) is 21.9 Å². The topological polar surface area (TPSA) is 98.7 Å². The highest BCUT2D eigenvalue weighted by Crippen LogP contribution is 2.44. The van der Waals surface area contributed by atoms with Crippen LogP contribution in [0, 0.1) is 0 Å². The molecule has 8 heteroatoms. The van der Waals surface area contributed by atoms with Crippen molar-refractivity contribution in [3.8, 4) is 22.6 Å². The van der Waals surface area contributed by atoms with Crippen molar-refractivity contribution in [2.24, 2.45) is 0 Å². The van der Waals surface area contributed by atoms with Gasteiger partial charge in [-0.25, -0.2) is 0 Å². The minimum Gasteiger partial charge on any atom is -0.493 e.